The SMILES string of the molecule is CCCCS(=O)(=O)N1CCCC(C(=O)N2CCN(c3ccccc3)CC2)C1. The number of amides is 1. The predicted octanol–water partition coefficient (Wildman–Crippen LogP) is 2.18. The largest absolute Gasteiger partial charge is 0.368 e. The minimum atomic E-state index is -3.23. The smallest absolute Gasteiger partial charge is 0.227 e. The molecule has 1 aromatic rings. The molecule has 27 heavy (non-hydrogen) atoms. The van der Waals surface area contributed by atoms with Crippen molar-refractivity contribution in [2.75, 3.05) is 49.9 Å². The second-order valence-corrected chi connectivity index (χ2v) is 9.60. The number of piperazine rings is 1. The molecule has 2 aliphatic rings. The van der Waals surface area contributed by atoms with Crippen LogP contribution in [0.1, 0.15) is 32.6 Å². The van der Waals surface area contributed by atoms with Crippen molar-refractivity contribution < 1.29 is 13.2 Å². The van der Waals surface area contributed by atoms with Gasteiger partial charge in [-0.15, -0.1) is 0 Å². The van der Waals surface area contributed by atoms with E-state index in [9.17, 15) is 13.2 Å². The molecule has 2 heterocycles. The second-order valence-electron chi connectivity index (χ2n) is 7.51. The number of rotatable bonds is 6. The first-order valence-corrected chi connectivity index (χ1v) is 11.7. The first kappa shape index (κ1) is 20.1. The van der Waals surface area contributed by atoms with Crippen molar-refractivity contribution in [2.45, 2.75) is 32.6 Å². The summed E-state index contributed by atoms with van der Waals surface area (Å²) in [6.07, 6.45) is 3.10. The fraction of sp³-hybridized carbons (Fsp3) is 0.650. The molecule has 0 aliphatic carbocycles. The number of nitrogens with zero attached hydrogens (tertiary/aromatic N) is 3. The summed E-state index contributed by atoms with van der Waals surface area (Å²) in [6.45, 7) is 5.94. The van der Waals surface area contributed by atoms with E-state index < -0.39 is 10.0 Å². The van der Waals surface area contributed by atoms with Crippen LogP contribution in [0.3, 0.4) is 0 Å². The Morgan fingerprint density at radius 2 is 1.78 bits per heavy atom. The van der Waals surface area contributed by atoms with Crippen molar-refractivity contribution >= 4 is 21.6 Å². The van der Waals surface area contributed by atoms with Crippen LogP contribution < -0.4 is 4.90 Å². The lowest BCUT2D eigenvalue weighted by atomic mass is 9.97. The molecule has 3 rings (SSSR count). The van der Waals surface area contributed by atoms with Gasteiger partial charge in [0.25, 0.3) is 0 Å². The number of anilines is 1. The zero-order valence-corrected chi connectivity index (χ0v) is 17.0. The molecule has 2 fully saturated rings. The molecule has 1 amide bonds. The van der Waals surface area contributed by atoms with Gasteiger partial charge in [0.15, 0.2) is 0 Å². The summed E-state index contributed by atoms with van der Waals surface area (Å²) in [7, 11) is -3.23. The summed E-state index contributed by atoms with van der Waals surface area (Å²) < 4.78 is 26.5. The Balaban J connectivity index is 1.55. The summed E-state index contributed by atoms with van der Waals surface area (Å²) in [4.78, 5) is 17.2. The van der Waals surface area contributed by atoms with E-state index in [4.69, 9.17) is 0 Å². The lowest BCUT2D eigenvalue weighted by molar-refractivity contribution is -0.137. The maximum Gasteiger partial charge on any atom is 0.227 e. The van der Waals surface area contributed by atoms with E-state index in [1.165, 1.54) is 5.69 Å². The summed E-state index contributed by atoms with van der Waals surface area (Å²) in [5.74, 6) is 0.122. The van der Waals surface area contributed by atoms with Crippen molar-refractivity contribution in [1.29, 1.82) is 0 Å². The van der Waals surface area contributed by atoms with Gasteiger partial charge < -0.3 is 9.80 Å². The Hall–Kier alpha value is -1.60. The van der Waals surface area contributed by atoms with E-state index >= 15 is 0 Å². The van der Waals surface area contributed by atoms with Gasteiger partial charge in [0.05, 0.1) is 11.7 Å². The van der Waals surface area contributed by atoms with Crippen LogP contribution in [0.2, 0.25) is 0 Å². The molecule has 0 bridgehead atoms. The van der Waals surface area contributed by atoms with Crippen molar-refractivity contribution in [1.82, 2.24) is 9.21 Å². The van der Waals surface area contributed by atoms with Gasteiger partial charge in [-0.3, -0.25) is 4.79 Å². The topological polar surface area (TPSA) is 60.9 Å². The normalized spacial score (nSPS) is 22.0. The van der Waals surface area contributed by atoms with E-state index in [1.807, 2.05) is 30.0 Å². The molecule has 0 aromatic heterocycles. The molecule has 1 atom stereocenters. The molecule has 1 aromatic carbocycles. The molecule has 7 heteroatoms. The van der Waals surface area contributed by atoms with E-state index in [0.29, 0.717) is 32.6 Å². The number of sulfonamides is 1. The Morgan fingerprint density at radius 3 is 2.44 bits per heavy atom. The van der Waals surface area contributed by atoms with E-state index in [0.717, 1.165) is 32.4 Å². The van der Waals surface area contributed by atoms with Gasteiger partial charge in [-0.25, -0.2) is 12.7 Å². The Bertz CT molecular complexity index is 715. The number of para-hydroxylation sites is 1. The number of hydrogen-bond donors (Lipinski definition) is 0. The number of unbranched alkanes of at least 4 members (excludes halogenated alkanes) is 1. The number of benzene rings is 1. The predicted molar refractivity (Wildman–Crippen MR) is 108 cm³/mol. The van der Waals surface area contributed by atoms with Crippen LogP contribution in [-0.4, -0.2) is 68.6 Å². The van der Waals surface area contributed by atoms with Crippen LogP contribution in [0.25, 0.3) is 0 Å². The lowest BCUT2D eigenvalue weighted by Crippen LogP contribution is -2.53. The molecule has 0 spiro atoms. The Labute approximate surface area is 163 Å². The van der Waals surface area contributed by atoms with Gasteiger partial charge in [-0.1, -0.05) is 31.5 Å². The highest BCUT2D eigenvalue weighted by molar-refractivity contribution is 7.89. The maximum absolute atomic E-state index is 13.0. The van der Waals surface area contributed by atoms with Crippen LogP contribution in [0.4, 0.5) is 5.69 Å². The second kappa shape index (κ2) is 9.06. The third-order valence-electron chi connectivity index (χ3n) is 5.60. The fourth-order valence-corrected chi connectivity index (χ4v) is 5.66. The summed E-state index contributed by atoms with van der Waals surface area (Å²) in [5, 5.41) is 0. The van der Waals surface area contributed by atoms with Gasteiger partial charge in [0, 0.05) is 45.0 Å². The highest BCUT2D eigenvalue weighted by atomic mass is 32.2. The summed E-state index contributed by atoms with van der Waals surface area (Å²) >= 11 is 0. The number of hydrogen-bond acceptors (Lipinski definition) is 4. The molecule has 6 nitrogen and oxygen atoms in total. The molecule has 0 N–H and O–H groups in total. The first-order valence-electron chi connectivity index (χ1n) is 10.1. The van der Waals surface area contributed by atoms with Crippen molar-refractivity contribution in [3.8, 4) is 0 Å². The Morgan fingerprint density at radius 1 is 1.07 bits per heavy atom. The van der Waals surface area contributed by atoms with Gasteiger partial charge >= 0.3 is 0 Å². The molecule has 150 valence electrons. The fourth-order valence-electron chi connectivity index (χ4n) is 3.93. The highest BCUT2D eigenvalue weighted by Crippen LogP contribution is 2.23. The van der Waals surface area contributed by atoms with Gasteiger partial charge in [-0.2, -0.15) is 0 Å². The summed E-state index contributed by atoms with van der Waals surface area (Å²) in [6, 6.07) is 10.3. The maximum atomic E-state index is 13.0. The quantitative estimate of drug-likeness (QED) is 0.743. The standard InChI is InChI=1S/C20H31N3O3S/c1-2-3-16-27(25,26)23-11-7-8-18(17-23)20(24)22-14-12-21(13-15-22)19-9-5-4-6-10-19/h4-6,9-10,18H,2-3,7-8,11-17H2,1H3. The molecule has 0 radical (unpaired) electrons. The van der Waals surface area contributed by atoms with Gasteiger partial charge in [0.2, 0.25) is 15.9 Å². The van der Waals surface area contributed by atoms with E-state index in [1.54, 1.807) is 4.31 Å². The monoisotopic (exact) mass is 393 g/mol. The zero-order valence-electron chi connectivity index (χ0n) is 16.2. The molecular formula is C20H31N3O3S. The minimum absolute atomic E-state index is 0.123. The van der Waals surface area contributed by atoms with Crippen LogP contribution in [0, 0.1) is 5.92 Å². The third-order valence-corrected chi connectivity index (χ3v) is 7.52. The zero-order chi connectivity index (χ0) is 19.3. The average molecular weight is 394 g/mol. The molecule has 2 saturated heterocycles. The Kier molecular flexibility index (Phi) is 6.76. The van der Waals surface area contributed by atoms with E-state index in [2.05, 4.69) is 17.0 Å². The van der Waals surface area contributed by atoms with Crippen molar-refractivity contribution in [3.63, 3.8) is 0 Å². The van der Waals surface area contributed by atoms with Gasteiger partial charge in [-0.05, 0) is 31.4 Å². The van der Waals surface area contributed by atoms with Gasteiger partial charge in [0.1, 0.15) is 0 Å². The lowest BCUT2D eigenvalue weighted by Gasteiger charge is -2.39. The minimum Gasteiger partial charge on any atom is -0.368 e. The molecule has 2 aliphatic heterocycles. The number of carbonyl (C=O) groups excluding carboxylic acids is 1. The average Bonchev–Trinajstić information content (AvgIpc) is 2.72. The van der Waals surface area contributed by atoms with Crippen LogP contribution in [-0.2, 0) is 14.8 Å². The van der Waals surface area contributed by atoms with Crippen molar-refractivity contribution in [3.05, 3.63) is 30.3 Å². The van der Waals surface area contributed by atoms with Crippen LogP contribution in [0.5, 0.6) is 0 Å². The summed E-state index contributed by atoms with van der Waals surface area (Å²) in [5.41, 5.74) is 1.19. The highest BCUT2D eigenvalue weighted by Gasteiger charge is 2.34. The first-order chi connectivity index (χ1) is 13.0. The number of carbonyl (C=O) groups is 1. The van der Waals surface area contributed by atoms with Crippen LogP contribution >= 0.6 is 0 Å². The molecule has 1 unspecified atom stereocenters. The molecule has 0 saturated carbocycles. The van der Waals surface area contributed by atoms with Crippen LogP contribution in [0.15, 0.2) is 30.3 Å². The van der Waals surface area contributed by atoms with Crippen molar-refractivity contribution in [2.24, 2.45) is 5.92 Å². The number of piperidine rings is 1. The molecular weight excluding hydrogens is 362 g/mol. The van der Waals surface area contributed by atoms with E-state index in [-0.39, 0.29) is 17.6 Å². The third kappa shape index (κ3) is 5.02.